The molecule has 0 aromatic heterocycles. The van der Waals surface area contributed by atoms with Gasteiger partial charge in [-0.1, -0.05) is 30.7 Å². The first-order valence-electron chi connectivity index (χ1n) is 5.47. The molecule has 1 aromatic rings. The molecule has 15 heavy (non-hydrogen) atoms. The summed E-state index contributed by atoms with van der Waals surface area (Å²) in [5, 5.41) is 0. The van der Waals surface area contributed by atoms with Gasteiger partial charge in [-0.3, -0.25) is 0 Å². The van der Waals surface area contributed by atoms with Crippen molar-refractivity contribution in [1.82, 2.24) is 0 Å². The Morgan fingerprint density at radius 3 is 2.33 bits per heavy atom. The van der Waals surface area contributed by atoms with Crippen molar-refractivity contribution in [2.75, 3.05) is 7.11 Å². The molecule has 0 amide bonds. The first kappa shape index (κ1) is 10.3. The summed E-state index contributed by atoms with van der Waals surface area (Å²) in [5.74, 6) is 0.932. The van der Waals surface area contributed by atoms with Crippen molar-refractivity contribution in [2.45, 2.75) is 32.1 Å². The van der Waals surface area contributed by atoms with Crippen LogP contribution in [0.25, 0.3) is 0 Å². The van der Waals surface area contributed by atoms with E-state index in [1.165, 1.54) is 24.0 Å². The van der Waals surface area contributed by atoms with Crippen LogP contribution < -0.4 is 4.74 Å². The molecule has 0 spiro atoms. The van der Waals surface area contributed by atoms with E-state index in [1.54, 1.807) is 7.11 Å². The Balaban J connectivity index is 2.30. The highest BCUT2D eigenvalue weighted by Gasteiger charge is 2.28. The van der Waals surface area contributed by atoms with E-state index in [9.17, 15) is 0 Å². The summed E-state index contributed by atoms with van der Waals surface area (Å²) < 4.78 is 5.17. The molecule has 0 unspecified atom stereocenters. The zero-order valence-electron chi connectivity index (χ0n) is 9.71. The van der Waals surface area contributed by atoms with Gasteiger partial charge in [0.05, 0.1) is 7.11 Å². The number of hydrogen-bond acceptors (Lipinski definition) is 1. The zero-order valence-corrected chi connectivity index (χ0v) is 9.71. The molecule has 0 aliphatic heterocycles. The van der Waals surface area contributed by atoms with Crippen LogP contribution in [-0.4, -0.2) is 7.11 Å². The molecule has 0 radical (unpaired) electrons. The van der Waals surface area contributed by atoms with Crippen LogP contribution in [0.5, 0.6) is 5.75 Å². The van der Waals surface area contributed by atoms with Crippen molar-refractivity contribution < 1.29 is 4.74 Å². The monoisotopic (exact) mass is 202 g/mol. The largest absolute Gasteiger partial charge is 0.497 e. The molecule has 0 saturated carbocycles. The summed E-state index contributed by atoms with van der Waals surface area (Å²) in [5.41, 5.74) is 3.13. The summed E-state index contributed by atoms with van der Waals surface area (Å²) in [4.78, 5) is 0. The second-order valence-corrected chi connectivity index (χ2v) is 4.64. The second-order valence-electron chi connectivity index (χ2n) is 4.64. The van der Waals surface area contributed by atoms with Gasteiger partial charge in [0.15, 0.2) is 0 Å². The standard InChI is InChI=1S/C14H18O/c1-11-8-9-14(2,10-11)12-4-6-13(15-3)7-5-12/h4-7,10H,8-9H2,1-3H3/t14-/m1/s1. The predicted octanol–water partition coefficient (Wildman–Crippen LogP) is 3.69. The van der Waals surface area contributed by atoms with Gasteiger partial charge in [-0.25, -0.2) is 0 Å². The number of benzene rings is 1. The van der Waals surface area contributed by atoms with Gasteiger partial charge in [0, 0.05) is 5.41 Å². The Morgan fingerprint density at radius 2 is 1.87 bits per heavy atom. The molecule has 1 aliphatic rings. The average Bonchev–Trinajstić information content (AvgIpc) is 2.60. The van der Waals surface area contributed by atoms with Gasteiger partial charge in [-0.15, -0.1) is 0 Å². The van der Waals surface area contributed by atoms with E-state index < -0.39 is 0 Å². The number of methoxy groups -OCH3 is 1. The van der Waals surface area contributed by atoms with E-state index in [2.05, 4.69) is 32.1 Å². The van der Waals surface area contributed by atoms with E-state index in [1.807, 2.05) is 12.1 Å². The molecule has 1 nitrogen and oxygen atoms in total. The topological polar surface area (TPSA) is 9.23 Å². The SMILES string of the molecule is COc1ccc([C@@]2(C)C=C(C)CC2)cc1. The van der Waals surface area contributed by atoms with E-state index in [4.69, 9.17) is 4.74 Å². The summed E-state index contributed by atoms with van der Waals surface area (Å²) in [6.45, 7) is 4.53. The summed E-state index contributed by atoms with van der Waals surface area (Å²) >= 11 is 0. The molecular weight excluding hydrogens is 184 g/mol. The quantitative estimate of drug-likeness (QED) is 0.664. The predicted molar refractivity (Wildman–Crippen MR) is 63.3 cm³/mol. The minimum Gasteiger partial charge on any atom is -0.497 e. The third-order valence-electron chi connectivity index (χ3n) is 3.35. The molecule has 0 bridgehead atoms. The van der Waals surface area contributed by atoms with Crippen molar-refractivity contribution >= 4 is 0 Å². The maximum Gasteiger partial charge on any atom is 0.118 e. The van der Waals surface area contributed by atoms with E-state index >= 15 is 0 Å². The summed E-state index contributed by atoms with van der Waals surface area (Å²) in [6, 6.07) is 8.44. The summed E-state index contributed by atoms with van der Waals surface area (Å²) in [7, 11) is 1.70. The first-order chi connectivity index (χ1) is 7.14. The van der Waals surface area contributed by atoms with Crippen LogP contribution >= 0.6 is 0 Å². The van der Waals surface area contributed by atoms with Crippen LogP contribution in [0.15, 0.2) is 35.9 Å². The van der Waals surface area contributed by atoms with E-state index in [-0.39, 0.29) is 5.41 Å². The Hall–Kier alpha value is -1.24. The van der Waals surface area contributed by atoms with Gasteiger partial charge in [0.25, 0.3) is 0 Å². The molecule has 2 rings (SSSR count). The fourth-order valence-corrected chi connectivity index (χ4v) is 2.34. The Morgan fingerprint density at radius 1 is 1.20 bits per heavy atom. The molecule has 1 aromatic carbocycles. The van der Waals surface area contributed by atoms with Gasteiger partial charge in [-0.05, 0) is 37.5 Å². The van der Waals surface area contributed by atoms with Gasteiger partial charge >= 0.3 is 0 Å². The molecule has 1 heteroatoms. The highest BCUT2D eigenvalue weighted by Crippen LogP contribution is 2.38. The zero-order chi connectivity index (χ0) is 10.9. The molecule has 1 aliphatic carbocycles. The van der Waals surface area contributed by atoms with Crippen LogP contribution in [0.1, 0.15) is 32.3 Å². The smallest absolute Gasteiger partial charge is 0.118 e. The fourth-order valence-electron chi connectivity index (χ4n) is 2.34. The summed E-state index contributed by atoms with van der Waals surface area (Å²) in [6.07, 6.45) is 4.85. The van der Waals surface area contributed by atoms with Crippen molar-refractivity contribution in [3.05, 3.63) is 41.5 Å². The molecule has 80 valence electrons. The maximum absolute atomic E-state index is 5.17. The number of allylic oxidation sites excluding steroid dienone is 2. The van der Waals surface area contributed by atoms with Crippen molar-refractivity contribution in [3.63, 3.8) is 0 Å². The molecule has 0 saturated heterocycles. The fraction of sp³-hybridized carbons (Fsp3) is 0.429. The maximum atomic E-state index is 5.17. The third-order valence-corrected chi connectivity index (χ3v) is 3.35. The lowest BCUT2D eigenvalue weighted by Crippen LogP contribution is -2.15. The van der Waals surface area contributed by atoms with Crippen LogP contribution in [0.3, 0.4) is 0 Å². The lowest BCUT2D eigenvalue weighted by molar-refractivity contribution is 0.414. The van der Waals surface area contributed by atoms with E-state index in [0.29, 0.717) is 0 Å². The number of hydrogen-bond donors (Lipinski definition) is 0. The lowest BCUT2D eigenvalue weighted by Gasteiger charge is -2.22. The number of ether oxygens (including phenoxy) is 1. The molecule has 1 atom stereocenters. The number of rotatable bonds is 2. The van der Waals surface area contributed by atoms with Crippen molar-refractivity contribution in [2.24, 2.45) is 0 Å². The third kappa shape index (κ3) is 1.92. The van der Waals surface area contributed by atoms with Gasteiger partial charge in [0.1, 0.15) is 5.75 Å². The molecule has 0 N–H and O–H groups in total. The average molecular weight is 202 g/mol. The molecular formula is C14H18O. The minimum atomic E-state index is 0.232. The highest BCUT2D eigenvalue weighted by atomic mass is 16.5. The lowest BCUT2D eigenvalue weighted by atomic mass is 9.82. The second kappa shape index (κ2) is 3.73. The highest BCUT2D eigenvalue weighted by molar-refractivity contribution is 5.38. The van der Waals surface area contributed by atoms with Crippen molar-refractivity contribution in [3.8, 4) is 5.75 Å². The van der Waals surface area contributed by atoms with Gasteiger partial charge in [0.2, 0.25) is 0 Å². The van der Waals surface area contributed by atoms with Gasteiger partial charge < -0.3 is 4.74 Å². The Labute approximate surface area is 91.8 Å². The first-order valence-corrected chi connectivity index (χ1v) is 5.47. The molecule has 0 fully saturated rings. The van der Waals surface area contributed by atoms with Gasteiger partial charge in [-0.2, -0.15) is 0 Å². The van der Waals surface area contributed by atoms with Crippen LogP contribution in [0, 0.1) is 0 Å². The van der Waals surface area contributed by atoms with Crippen LogP contribution in [0.4, 0.5) is 0 Å². The van der Waals surface area contributed by atoms with Crippen molar-refractivity contribution in [1.29, 1.82) is 0 Å². The molecule has 0 heterocycles. The minimum absolute atomic E-state index is 0.232. The Bertz CT molecular complexity index is 375. The van der Waals surface area contributed by atoms with Crippen LogP contribution in [0.2, 0.25) is 0 Å². The van der Waals surface area contributed by atoms with Crippen LogP contribution in [-0.2, 0) is 5.41 Å². The Kier molecular flexibility index (Phi) is 2.56. The van der Waals surface area contributed by atoms with E-state index in [0.717, 1.165) is 5.75 Å². The normalized spacial score (nSPS) is 25.1.